The van der Waals surface area contributed by atoms with Gasteiger partial charge in [-0.25, -0.2) is 4.98 Å². The molecule has 0 fully saturated rings. The van der Waals surface area contributed by atoms with E-state index in [2.05, 4.69) is 37.3 Å². The van der Waals surface area contributed by atoms with E-state index < -0.39 is 0 Å². The van der Waals surface area contributed by atoms with Gasteiger partial charge in [0.05, 0.1) is 0 Å². The van der Waals surface area contributed by atoms with Gasteiger partial charge in [-0.3, -0.25) is 9.25 Å². The van der Waals surface area contributed by atoms with E-state index in [4.69, 9.17) is 0 Å². The standard InChI is InChI=1S/C13H16N8/c1-3-5-15-12-17-11(10-4-6-16-20(10)2)18-13(19-12)21-8-7-14-9-21/h4,6-9H,3,5H2,1-2H3,(H,15,17,18,19). The van der Waals surface area contributed by atoms with Crippen LogP contribution in [0.3, 0.4) is 0 Å². The number of hydrogen-bond acceptors (Lipinski definition) is 6. The zero-order valence-corrected chi connectivity index (χ0v) is 11.9. The van der Waals surface area contributed by atoms with Gasteiger partial charge in [0.25, 0.3) is 0 Å². The number of nitrogens with one attached hydrogen (secondary N) is 1. The average molecular weight is 284 g/mol. The van der Waals surface area contributed by atoms with E-state index in [0.717, 1.165) is 18.7 Å². The Morgan fingerprint density at radius 1 is 1.19 bits per heavy atom. The second kappa shape index (κ2) is 5.70. The van der Waals surface area contributed by atoms with Crippen LogP contribution in [0.4, 0.5) is 5.95 Å². The van der Waals surface area contributed by atoms with Gasteiger partial charge >= 0.3 is 0 Å². The Bertz CT molecular complexity index is 716. The summed E-state index contributed by atoms with van der Waals surface area (Å²) in [7, 11) is 1.86. The van der Waals surface area contributed by atoms with Crippen molar-refractivity contribution in [3.8, 4) is 17.5 Å². The van der Waals surface area contributed by atoms with Crippen LogP contribution < -0.4 is 5.32 Å². The van der Waals surface area contributed by atoms with Gasteiger partial charge < -0.3 is 5.32 Å². The van der Waals surface area contributed by atoms with Crippen molar-refractivity contribution in [2.45, 2.75) is 13.3 Å². The molecule has 108 valence electrons. The first-order valence-electron chi connectivity index (χ1n) is 6.74. The lowest BCUT2D eigenvalue weighted by Gasteiger charge is -2.08. The number of rotatable bonds is 5. The maximum atomic E-state index is 4.49. The Morgan fingerprint density at radius 2 is 2.10 bits per heavy atom. The lowest BCUT2D eigenvalue weighted by Crippen LogP contribution is -2.11. The first kappa shape index (κ1) is 13.2. The number of aryl methyl sites for hydroxylation is 1. The van der Waals surface area contributed by atoms with E-state index in [1.54, 1.807) is 34.2 Å². The highest BCUT2D eigenvalue weighted by Crippen LogP contribution is 2.16. The van der Waals surface area contributed by atoms with Gasteiger partial charge in [-0.05, 0) is 12.5 Å². The molecule has 0 bridgehead atoms. The summed E-state index contributed by atoms with van der Waals surface area (Å²) >= 11 is 0. The minimum atomic E-state index is 0.525. The third kappa shape index (κ3) is 2.73. The Hall–Kier alpha value is -2.77. The van der Waals surface area contributed by atoms with Crippen molar-refractivity contribution in [2.75, 3.05) is 11.9 Å². The predicted molar refractivity (Wildman–Crippen MR) is 77.9 cm³/mol. The van der Waals surface area contributed by atoms with Crippen LogP contribution in [-0.2, 0) is 7.05 Å². The third-order valence-electron chi connectivity index (χ3n) is 2.94. The van der Waals surface area contributed by atoms with Crippen molar-refractivity contribution in [1.82, 2.24) is 34.3 Å². The zero-order chi connectivity index (χ0) is 14.7. The van der Waals surface area contributed by atoms with Crippen LogP contribution in [0.5, 0.6) is 0 Å². The van der Waals surface area contributed by atoms with Crippen molar-refractivity contribution in [3.63, 3.8) is 0 Å². The molecule has 0 aromatic carbocycles. The normalized spacial score (nSPS) is 10.8. The second-order valence-corrected chi connectivity index (χ2v) is 4.52. The fraction of sp³-hybridized carbons (Fsp3) is 0.308. The first-order valence-corrected chi connectivity index (χ1v) is 6.74. The zero-order valence-electron chi connectivity index (χ0n) is 11.9. The number of aromatic nitrogens is 7. The Morgan fingerprint density at radius 3 is 2.76 bits per heavy atom. The van der Waals surface area contributed by atoms with Crippen LogP contribution in [0, 0.1) is 0 Å². The van der Waals surface area contributed by atoms with E-state index in [0.29, 0.717) is 17.7 Å². The molecule has 0 amide bonds. The molecule has 0 aliphatic rings. The first-order chi connectivity index (χ1) is 10.3. The molecule has 0 aliphatic carbocycles. The molecule has 0 atom stereocenters. The Balaban J connectivity index is 2.07. The molecular formula is C13H16N8. The largest absolute Gasteiger partial charge is 0.354 e. The molecule has 0 saturated heterocycles. The van der Waals surface area contributed by atoms with Gasteiger partial charge in [0.15, 0.2) is 5.82 Å². The summed E-state index contributed by atoms with van der Waals surface area (Å²) in [6.07, 6.45) is 7.85. The van der Waals surface area contributed by atoms with E-state index in [-0.39, 0.29) is 0 Å². The molecule has 0 saturated carbocycles. The quantitative estimate of drug-likeness (QED) is 0.759. The fourth-order valence-electron chi connectivity index (χ4n) is 1.88. The van der Waals surface area contributed by atoms with Crippen molar-refractivity contribution < 1.29 is 0 Å². The van der Waals surface area contributed by atoms with Gasteiger partial charge in [-0.2, -0.15) is 20.1 Å². The summed E-state index contributed by atoms with van der Waals surface area (Å²) in [5, 5.41) is 7.35. The molecule has 0 radical (unpaired) electrons. The van der Waals surface area contributed by atoms with E-state index in [1.807, 2.05) is 13.1 Å². The predicted octanol–water partition coefficient (Wildman–Crippen LogP) is 1.28. The van der Waals surface area contributed by atoms with E-state index >= 15 is 0 Å². The van der Waals surface area contributed by atoms with Crippen LogP contribution in [0.15, 0.2) is 31.0 Å². The Kier molecular flexibility index (Phi) is 3.59. The number of anilines is 1. The summed E-state index contributed by atoms with van der Waals surface area (Å²) in [5.41, 5.74) is 0.832. The fourth-order valence-corrected chi connectivity index (χ4v) is 1.88. The molecule has 3 aromatic heterocycles. The van der Waals surface area contributed by atoms with Crippen molar-refractivity contribution >= 4 is 5.95 Å². The van der Waals surface area contributed by atoms with Crippen LogP contribution >= 0.6 is 0 Å². The highest BCUT2D eigenvalue weighted by atomic mass is 15.3. The van der Waals surface area contributed by atoms with Crippen LogP contribution in [0.25, 0.3) is 17.5 Å². The van der Waals surface area contributed by atoms with Gasteiger partial charge in [-0.1, -0.05) is 6.92 Å². The number of nitrogens with zero attached hydrogens (tertiary/aromatic N) is 7. The number of imidazole rings is 1. The number of hydrogen-bond donors (Lipinski definition) is 1. The Labute approximate surface area is 121 Å². The monoisotopic (exact) mass is 284 g/mol. The molecule has 3 rings (SSSR count). The lowest BCUT2D eigenvalue weighted by atomic mass is 10.4. The molecule has 0 spiro atoms. The summed E-state index contributed by atoms with van der Waals surface area (Å²) in [6, 6.07) is 1.87. The van der Waals surface area contributed by atoms with Crippen LogP contribution in [0.1, 0.15) is 13.3 Å². The minimum Gasteiger partial charge on any atom is -0.354 e. The molecule has 0 unspecified atom stereocenters. The SMILES string of the molecule is CCCNc1nc(-c2ccnn2C)nc(-n2ccnc2)n1. The molecule has 3 aromatic rings. The molecule has 8 nitrogen and oxygen atoms in total. The minimum absolute atomic E-state index is 0.525. The molecular weight excluding hydrogens is 268 g/mol. The van der Waals surface area contributed by atoms with Crippen LogP contribution in [-0.4, -0.2) is 40.8 Å². The summed E-state index contributed by atoms with van der Waals surface area (Å²) in [6.45, 7) is 2.89. The van der Waals surface area contributed by atoms with Crippen molar-refractivity contribution in [3.05, 3.63) is 31.0 Å². The topological polar surface area (TPSA) is 86.3 Å². The average Bonchev–Trinajstić information content (AvgIpc) is 3.16. The van der Waals surface area contributed by atoms with Crippen molar-refractivity contribution in [2.24, 2.45) is 7.05 Å². The lowest BCUT2D eigenvalue weighted by molar-refractivity contribution is 0.766. The van der Waals surface area contributed by atoms with Gasteiger partial charge in [0.2, 0.25) is 11.9 Å². The molecule has 8 heteroatoms. The van der Waals surface area contributed by atoms with Gasteiger partial charge in [0, 0.05) is 32.2 Å². The molecule has 1 N–H and O–H groups in total. The van der Waals surface area contributed by atoms with E-state index in [1.165, 1.54) is 0 Å². The highest BCUT2D eigenvalue weighted by molar-refractivity contribution is 5.52. The smallest absolute Gasteiger partial charge is 0.240 e. The summed E-state index contributed by atoms with van der Waals surface area (Å²) < 4.78 is 3.48. The van der Waals surface area contributed by atoms with Crippen molar-refractivity contribution in [1.29, 1.82) is 0 Å². The van der Waals surface area contributed by atoms with Gasteiger partial charge in [0.1, 0.15) is 12.0 Å². The highest BCUT2D eigenvalue weighted by Gasteiger charge is 2.12. The van der Waals surface area contributed by atoms with Crippen LogP contribution in [0.2, 0.25) is 0 Å². The van der Waals surface area contributed by atoms with Gasteiger partial charge in [-0.15, -0.1) is 0 Å². The second-order valence-electron chi connectivity index (χ2n) is 4.52. The third-order valence-corrected chi connectivity index (χ3v) is 2.94. The summed E-state index contributed by atoms with van der Waals surface area (Å²) in [4.78, 5) is 17.4. The maximum absolute atomic E-state index is 4.49. The molecule has 3 heterocycles. The summed E-state index contributed by atoms with van der Waals surface area (Å²) in [5.74, 6) is 1.65. The molecule has 21 heavy (non-hydrogen) atoms. The maximum Gasteiger partial charge on any atom is 0.240 e. The van der Waals surface area contributed by atoms with E-state index in [9.17, 15) is 0 Å². The molecule has 0 aliphatic heterocycles.